The molecule has 1 saturated heterocycles. The number of allylic oxidation sites excluding steroid dienone is 1. The van der Waals surface area contributed by atoms with Gasteiger partial charge in [0.15, 0.2) is 0 Å². The number of nitrogens with one attached hydrogen (secondary N) is 1. The molecule has 0 amide bonds. The van der Waals surface area contributed by atoms with Crippen LogP contribution < -0.4 is 16.1 Å². The number of nitrogens with two attached hydrogens (primary N) is 1. The van der Waals surface area contributed by atoms with Crippen molar-refractivity contribution in [2.75, 3.05) is 25.0 Å². The predicted molar refractivity (Wildman–Crippen MR) is 90.2 cm³/mol. The van der Waals surface area contributed by atoms with Crippen LogP contribution in [-0.4, -0.2) is 31.2 Å². The Morgan fingerprint density at radius 2 is 2.09 bits per heavy atom. The van der Waals surface area contributed by atoms with Crippen LogP contribution in [0.1, 0.15) is 24.9 Å². The SMILES string of the molecule is CC1C=CC(N)=C2CCN(NC3CN(C)c4ccccc43)C21. The molecule has 4 rings (SSSR count). The molecule has 0 saturated carbocycles. The van der Waals surface area contributed by atoms with Crippen LogP contribution in [0.15, 0.2) is 47.7 Å². The number of hydrazine groups is 1. The lowest BCUT2D eigenvalue weighted by Crippen LogP contribution is -2.47. The molecule has 22 heavy (non-hydrogen) atoms. The summed E-state index contributed by atoms with van der Waals surface area (Å²) in [7, 11) is 2.17. The van der Waals surface area contributed by atoms with Gasteiger partial charge in [-0.2, -0.15) is 0 Å². The van der Waals surface area contributed by atoms with Gasteiger partial charge in [-0.3, -0.25) is 0 Å². The van der Waals surface area contributed by atoms with Gasteiger partial charge in [-0.25, -0.2) is 10.4 Å². The average Bonchev–Trinajstić information content (AvgIpc) is 3.08. The number of rotatable bonds is 2. The van der Waals surface area contributed by atoms with Crippen LogP contribution in [0.2, 0.25) is 0 Å². The van der Waals surface area contributed by atoms with E-state index in [0.29, 0.717) is 18.0 Å². The van der Waals surface area contributed by atoms with Gasteiger partial charge in [-0.1, -0.05) is 31.2 Å². The van der Waals surface area contributed by atoms with Crippen LogP contribution in [0.3, 0.4) is 0 Å². The zero-order valence-electron chi connectivity index (χ0n) is 13.3. The molecule has 2 aliphatic heterocycles. The fraction of sp³-hybridized carbons (Fsp3) is 0.444. The summed E-state index contributed by atoms with van der Waals surface area (Å²) in [6, 6.07) is 9.45. The number of hydrogen-bond donors (Lipinski definition) is 2. The number of benzene rings is 1. The summed E-state index contributed by atoms with van der Waals surface area (Å²) in [4.78, 5) is 2.33. The zero-order chi connectivity index (χ0) is 15.3. The Bertz CT molecular complexity index is 648. The van der Waals surface area contributed by atoms with E-state index in [2.05, 4.69) is 65.7 Å². The minimum atomic E-state index is 0.361. The van der Waals surface area contributed by atoms with E-state index < -0.39 is 0 Å². The number of para-hydroxylation sites is 1. The topological polar surface area (TPSA) is 44.5 Å². The van der Waals surface area contributed by atoms with E-state index in [1.54, 1.807) is 0 Å². The molecule has 116 valence electrons. The third kappa shape index (κ3) is 2.06. The second kappa shape index (κ2) is 5.14. The summed E-state index contributed by atoms with van der Waals surface area (Å²) in [5.41, 5.74) is 15.1. The number of anilines is 1. The smallest absolute Gasteiger partial charge is 0.0660 e. The van der Waals surface area contributed by atoms with Gasteiger partial charge >= 0.3 is 0 Å². The molecular formula is C18H24N4. The van der Waals surface area contributed by atoms with E-state index in [1.165, 1.54) is 16.8 Å². The van der Waals surface area contributed by atoms with Crippen molar-refractivity contribution in [1.29, 1.82) is 0 Å². The number of likely N-dealkylation sites (N-methyl/N-ethyl adjacent to an activating group) is 1. The summed E-state index contributed by atoms with van der Waals surface area (Å²) in [6.07, 6.45) is 5.39. The Morgan fingerprint density at radius 3 is 2.95 bits per heavy atom. The molecule has 1 aliphatic carbocycles. The Morgan fingerprint density at radius 1 is 1.27 bits per heavy atom. The maximum atomic E-state index is 6.18. The van der Waals surface area contributed by atoms with Crippen LogP contribution in [0.5, 0.6) is 0 Å². The van der Waals surface area contributed by atoms with Crippen molar-refractivity contribution in [1.82, 2.24) is 10.4 Å². The summed E-state index contributed by atoms with van der Waals surface area (Å²) < 4.78 is 0. The highest BCUT2D eigenvalue weighted by atomic mass is 15.5. The minimum absolute atomic E-state index is 0.361. The lowest BCUT2D eigenvalue weighted by molar-refractivity contribution is 0.134. The van der Waals surface area contributed by atoms with Crippen molar-refractivity contribution in [2.24, 2.45) is 11.7 Å². The van der Waals surface area contributed by atoms with Crippen molar-refractivity contribution in [3.63, 3.8) is 0 Å². The van der Waals surface area contributed by atoms with E-state index in [1.807, 2.05) is 0 Å². The molecule has 4 heteroatoms. The van der Waals surface area contributed by atoms with Gasteiger partial charge in [0.2, 0.25) is 0 Å². The van der Waals surface area contributed by atoms with Gasteiger partial charge in [0.1, 0.15) is 0 Å². The van der Waals surface area contributed by atoms with Crippen molar-refractivity contribution in [2.45, 2.75) is 25.4 Å². The summed E-state index contributed by atoms with van der Waals surface area (Å²) in [6.45, 7) is 4.33. The molecule has 1 fully saturated rings. The molecule has 3 N–H and O–H groups in total. The minimum Gasteiger partial charge on any atom is -0.399 e. The Labute approximate surface area is 132 Å². The van der Waals surface area contributed by atoms with Gasteiger partial charge in [-0.05, 0) is 35.6 Å². The molecule has 3 aliphatic rings. The monoisotopic (exact) mass is 296 g/mol. The van der Waals surface area contributed by atoms with Gasteiger partial charge in [0, 0.05) is 31.5 Å². The Balaban J connectivity index is 1.57. The van der Waals surface area contributed by atoms with E-state index in [0.717, 1.165) is 25.2 Å². The van der Waals surface area contributed by atoms with E-state index in [4.69, 9.17) is 5.73 Å². The number of hydrogen-bond acceptors (Lipinski definition) is 4. The number of fused-ring (bicyclic) bond motifs is 2. The van der Waals surface area contributed by atoms with Crippen molar-refractivity contribution < 1.29 is 0 Å². The first-order valence-corrected chi connectivity index (χ1v) is 8.14. The molecule has 0 spiro atoms. The van der Waals surface area contributed by atoms with E-state index in [9.17, 15) is 0 Å². The van der Waals surface area contributed by atoms with Gasteiger partial charge < -0.3 is 10.6 Å². The Kier molecular flexibility index (Phi) is 3.24. The lowest BCUT2D eigenvalue weighted by atomic mass is 9.89. The predicted octanol–water partition coefficient (Wildman–Crippen LogP) is 2.18. The maximum absolute atomic E-state index is 6.18. The standard InChI is InChI=1S/C18H24N4/c1-12-7-8-15(19)13-9-10-22(18(12)13)20-16-11-21(2)17-6-4-3-5-14(16)17/h3-8,12,16,18,20H,9-11,19H2,1-2H3. The lowest BCUT2D eigenvalue weighted by Gasteiger charge is -2.33. The molecule has 1 aromatic carbocycles. The molecule has 0 radical (unpaired) electrons. The molecule has 2 heterocycles. The summed E-state index contributed by atoms with van der Waals surface area (Å²) in [5, 5.41) is 2.41. The first-order chi connectivity index (χ1) is 10.6. The average molecular weight is 296 g/mol. The van der Waals surface area contributed by atoms with E-state index >= 15 is 0 Å². The summed E-state index contributed by atoms with van der Waals surface area (Å²) >= 11 is 0. The second-order valence-electron chi connectivity index (χ2n) is 6.71. The quantitative estimate of drug-likeness (QED) is 0.878. The van der Waals surface area contributed by atoms with Gasteiger partial charge in [0.05, 0.1) is 12.1 Å². The maximum Gasteiger partial charge on any atom is 0.0660 e. The molecule has 0 aromatic heterocycles. The van der Waals surface area contributed by atoms with E-state index in [-0.39, 0.29) is 0 Å². The van der Waals surface area contributed by atoms with Crippen molar-refractivity contribution in [3.05, 3.63) is 53.3 Å². The first-order valence-electron chi connectivity index (χ1n) is 8.14. The van der Waals surface area contributed by atoms with Crippen LogP contribution in [0.4, 0.5) is 5.69 Å². The van der Waals surface area contributed by atoms with Crippen LogP contribution in [0, 0.1) is 5.92 Å². The number of nitrogens with zero attached hydrogens (tertiary/aromatic N) is 2. The molecular weight excluding hydrogens is 272 g/mol. The fourth-order valence-electron chi connectivity index (χ4n) is 4.16. The molecule has 3 atom stereocenters. The third-order valence-electron chi connectivity index (χ3n) is 5.26. The van der Waals surface area contributed by atoms with Crippen LogP contribution >= 0.6 is 0 Å². The normalized spacial score (nSPS) is 30.8. The second-order valence-corrected chi connectivity index (χ2v) is 6.71. The van der Waals surface area contributed by atoms with Crippen molar-refractivity contribution in [3.8, 4) is 0 Å². The summed E-state index contributed by atoms with van der Waals surface area (Å²) in [5.74, 6) is 0.506. The van der Waals surface area contributed by atoms with Gasteiger partial charge in [0.25, 0.3) is 0 Å². The van der Waals surface area contributed by atoms with Crippen molar-refractivity contribution >= 4 is 5.69 Å². The highest BCUT2D eigenvalue weighted by Gasteiger charge is 2.38. The highest BCUT2D eigenvalue weighted by Crippen LogP contribution is 2.37. The Hall–Kier alpha value is -1.78. The largest absolute Gasteiger partial charge is 0.399 e. The zero-order valence-corrected chi connectivity index (χ0v) is 13.3. The van der Waals surface area contributed by atoms with Crippen LogP contribution in [-0.2, 0) is 0 Å². The third-order valence-corrected chi connectivity index (χ3v) is 5.26. The molecule has 4 nitrogen and oxygen atoms in total. The molecule has 1 aromatic rings. The molecule has 0 bridgehead atoms. The first kappa shape index (κ1) is 13.9. The van der Waals surface area contributed by atoms with Gasteiger partial charge in [-0.15, -0.1) is 0 Å². The molecule has 3 unspecified atom stereocenters. The van der Waals surface area contributed by atoms with Crippen LogP contribution in [0.25, 0.3) is 0 Å². The fourth-order valence-corrected chi connectivity index (χ4v) is 4.16. The highest BCUT2D eigenvalue weighted by molar-refractivity contribution is 5.59.